The summed E-state index contributed by atoms with van der Waals surface area (Å²) < 4.78 is 57.6. The van der Waals surface area contributed by atoms with Crippen LogP contribution in [0.3, 0.4) is 0 Å². The SMILES string of the molecule is CS(=O)(=O)N1CCC[C@H]1C(=O)N[C@@H](CCC[NH+]=C(N)N)C(=O)c1nc2ccccc2s1.O=C([O-])C(F)(F)F. The van der Waals surface area contributed by atoms with Crippen molar-refractivity contribution in [2.75, 3.05) is 19.3 Å². The molecule has 1 saturated heterocycles. The number of halogens is 3. The molecule has 2 aromatic rings. The van der Waals surface area contributed by atoms with Crippen LogP contribution < -0.4 is 26.9 Å². The number of Topliss-reactive ketones (excluding diaryl/α,β-unsaturated/α-hetero) is 1. The predicted molar refractivity (Wildman–Crippen MR) is 130 cm³/mol. The van der Waals surface area contributed by atoms with E-state index < -0.39 is 40.2 Å². The first-order valence-electron chi connectivity index (χ1n) is 11.2. The smallest absolute Gasteiger partial charge is 0.430 e. The van der Waals surface area contributed by atoms with Gasteiger partial charge in [0.05, 0.1) is 29.1 Å². The largest absolute Gasteiger partial charge is 0.542 e. The highest BCUT2D eigenvalue weighted by Crippen LogP contribution is 2.24. The Bertz CT molecular complexity index is 1260. The number of rotatable bonds is 9. The van der Waals surface area contributed by atoms with Crippen molar-refractivity contribution in [3.8, 4) is 0 Å². The Morgan fingerprint density at radius 3 is 2.47 bits per heavy atom. The van der Waals surface area contributed by atoms with Crippen LogP contribution in [0.5, 0.6) is 0 Å². The Morgan fingerprint density at radius 2 is 1.92 bits per heavy atom. The van der Waals surface area contributed by atoms with Crippen molar-refractivity contribution in [2.45, 2.75) is 43.9 Å². The fraction of sp³-hybridized carbons (Fsp3) is 0.476. The van der Waals surface area contributed by atoms with Crippen LogP contribution in [0.4, 0.5) is 13.2 Å². The van der Waals surface area contributed by atoms with Crippen LogP contribution in [0.1, 0.15) is 35.5 Å². The van der Waals surface area contributed by atoms with Crippen LogP contribution in [0.25, 0.3) is 10.2 Å². The van der Waals surface area contributed by atoms with Crippen molar-refractivity contribution in [3.63, 3.8) is 0 Å². The first-order valence-corrected chi connectivity index (χ1v) is 13.8. The number of hydrogen-bond donors (Lipinski definition) is 4. The number of para-hydroxylation sites is 1. The highest BCUT2D eigenvalue weighted by Gasteiger charge is 2.38. The molecule has 0 saturated carbocycles. The lowest BCUT2D eigenvalue weighted by molar-refractivity contribution is -0.459. The number of hydrogen-bond acceptors (Lipinski definition) is 8. The van der Waals surface area contributed by atoms with Gasteiger partial charge in [0, 0.05) is 6.54 Å². The summed E-state index contributed by atoms with van der Waals surface area (Å²) in [6.07, 6.45) is -2.26. The van der Waals surface area contributed by atoms with E-state index in [4.69, 9.17) is 21.4 Å². The van der Waals surface area contributed by atoms with Gasteiger partial charge in [-0.15, -0.1) is 11.3 Å². The summed E-state index contributed by atoms with van der Waals surface area (Å²) in [5.41, 5.74) is 11.5. The molecule has 12 nitrogen and oxygen atoms in total. The van der Waals surface area contributed by atoms with Crippen LogP contribution >= 0.6 is 11.3 Å². The summed E-state index contributed by atoms with van der Waals surface area (Å²) in [5, 5.41) is 11.9. The number of thiazole rings is 1. The highest BCUT2D eigenvalue weighted by atomic mass is 32.2. The van der Waals surface area contributed by atoms with Crippen molar-refractivity contribution >= 4 is 55.2 Å². The number of carboxylic acids is 1. The minimum absolute atomic E-state index is 0.0767. The molecule has 0 spiro atoms. The molecule has 0 aliphatic carbocycles. The number of alkyl halides is 3. The lowest BCUT2D eigenvalue weighted by Crippen LogP contribution is -2.78. The Balaban J connectivity index is 0.000000638. The normalized spacial score (nSPS) is 16.8. The lowest BCUT2D eigenvalue weighted by Gasteiger charge is -2.24. The average Bonchev–Trinajstić information content (AvgIpc) is 3.47. The van der Waals surface area contributed by atoms with Crippen LogP contribution in [-0.4, -0.2) is 78.9 Å². The number of ketones is 1. The number of benzene rings is 1. The third-order valence-corrected chi connectivity index (χ3v) is 7.64. The summed E-state index contributed by atoms with van der Waals surface area (Å²) in [6, 6.07) is 5.76. The number of sulfonamides is 1. The number of fused-ring (bicyclic) bond motifs is 1. The molecule has 1 aliphatic rings. The summed E-state index contributed by atoms with van der Waals surface area (Å²) in [5.74, 6) is -3.70. The molecule has 0 unspecified atom stereocenters. The quantitative estimate of drug-likeness (QED) is 0.110. The van der Waals surface area contributed by atoms with Crippen molar-refractivity contribution in [1.29, 1.82) is 0 Å². The van der Waals surface area contributed by atoms with Crippen LogP contribution in [-0.2, 0) is 19.6 Å². The highest BCUT2D eigenvalue weighted by molar-refractivity contribution is 7.88. The topological polar surface area (TPSA) is 203 Å². The van der Waals surface area contributed by atoms with Crippen molar-refractivity contribution in [3.05, 3.63) is 29.3 Å². The maximum Gasteiger partial charge on any atom is 0.430 e. The van der Waals surface area contributed by atoms with Gasteiger partial charge in [0.1, 0.15) is 12.0 Å². The molecule has 1 aliphatic heterocycles. The molecule has 1 amide bonds. The van der Waals surface area contributed by atoms with E-state index in [-0.39, 0.29) is 11.7 Å². The number of guanidine groups is 1. The first kappa shape index (κ1) is 30.9. The molecule has 210 valence electrons. The molecule has 1 fully saturated rings. The van der Waals surface area contributed by atoms with Gasteiger partial charge in [-0.25, -0.2) is 13.4 Å². The Morgan fingerprint density at radius 1 is 1.29 bits per heavy atom. The second kappa shape index (κ2) is 13.0. The lowest BCUT2D eigenvalue weighted by atomic mass is 10.1. The van der Waals surface area contributed by atoms with Crippen molar-refractivity contribution in [2.24, 2.45) is 11.5 Å². The molecule has 1 aromatic heterocycles. The summed E-state index contributed by atoms with van der Waals surface area (Å²) in [6.45, 7) is 0.726. The van der Waals surface area contributed by atoms with Crippen molar-refractivity contribution < 1.29 is 46.1 Å². The van der Waals surface area contributed by atoms with Gasteiger partial charge < -0.3 is 15.2 Å². The molecule has 2 atom stereocenters. The minimum atomic E-state index is -5.19. The van der Waals surface area contributed by atoms with Crippen molar-refractivity contribution in [1.82, 2.24) is 14.6 Å². The van der Waals surface area contributed by atoms with Gasteiger partial charge in [-0.3, -0.25) is 26.0 Å². The van der Waals surface area contributed by atoms with Gasteiger partial charge in [-0.2, -0.15) is 17.5 Å². The number of carbonyl (C=O) groups excluding carboxylic acids is 3. The number of carboxylic acid groups (broad SMARTS) is 1. The third-order valence-electron chi connectivity index (χ3n) is 5.30. The van der Waals surface area contributed by atoms with E-state index in [1.165, 1.54) is 15.6 Å². The van der Waals surface area contributed by atoms with E-state index in [0.29, 0.717) is 49.3 Å². The second-order valence-electron chi connectivity index (χ2n) is 8.25. The number of aliphatic carboxylic acids is 1. The Hall–Kier alpha value is -3.31. The number of amides is 1. The molecule has 6 N–H and O–H groups in total. The van der Waals surface area contributed by atoms with Gasteiger partial charge in [-0.05, 0) is 37.8 Å². The number of aromatic nitrogens is 1. The van der Waals surface area contributed by atoms with Crippen LogP contribution in [0, 0.1) is 0 Å². The molecular weight excluding hydrogens is 553 g/mol. The number of carbonyl (C=O) groups is 3. The van der Waals surface area contributed by atoms with Crippen LogP contribution in [0.15, 0.2) is 24.3 Å². The third kappa shape index (κ3) is 8.91. The fourth-order valence-electron chi connectivity index (χ4n) is 3.60. The number of nitrogens with one attached hydrogen (secondary N) is 2. The van der Waals surface area contributed by atoms with Gasteiger partial charge in [0.15, 0.2) is 5.01 Å². The summed E-state index contributed by atoms with van der Waals surface area (Å²) >= 11 is 1.26. The average molecular weight is 581 g/mol. The molecule has 0 radical (unpaired) electrons. The standard InChI is InChI=1S/C19H26N6O4S2.C2HF3O2/c1-31(28,29)25-11-5-8-14(25)17(27)23-13(7-4-10-22-19(20)21)16(26)18-24-12-6-2-3-9-15(12)30-18;3-2(4,5)1(6)7/h2-3,6,9,13-14H,4-5,7-8,10-11H2,1H3,(H,23,27)(H4,20,21,22);(H,6,7)/t13-,14-;/m0./s1. The second-order valence-corrected chi connectivity index (χ2v) is 11.2. The first-order chi connectivity index (χ1) is 17.6. The maximum atomic E-state index is 13.2. The van der Waals surface area contributed by atoms with E-state index in [1.54, 1.807) is 0 Å². The number of nitrogens with two attached hydrogens (primary N) is 2. The summed E-state index contributed by atoms with van der Waals surface area (Å²) in [7, 11) is -3.52. The van der Waals surface area contributed by atoms with Gasteiger partial charge >= 0.3 is 12.1 Å². The minimum Gasteiger partial charge on any atom is -0.542 e. The zero-order valence-corrected chi connectivity index (χ0v) is 21.8. The summed E-state index contributed by atoms with van der Waals surface area (Å²) in [4.78, 5) is 42.1. The maximum absolute atomic E-state index is 13.2. The molecular formula is C21H27F3N6O6S2. The van der Waals surface area contributed by atoms with E-state index in [2.05, 4.69) is 15.3 Å². The molecule has 2 heterocycles. The monoisotopic (exact) mass is 580 g/mol. The van der Waals surface area contributed by atoms with Gasteiger partial charge in [-0.1, -0.05) is 12.1 Å². The molecule has 0 bridgehead atoms. The van der Waals surface area contributed by atoms with Gasteiger partial charge in [0.25, 0.3) is 0 Å². The zero-order valence-electron chi connectivity index (χ0n) is 20.2. The Kier molecular flexibility index (Phi) is 10.5. The zero-order chi connectivity index (χ0) is 28.7. The fourth-order valence-corrected chi connectivity index (χ4v) is 5.69. The van der Waals surface area contributed by atoms with E-state index in [1.807, 2.05) is 24.3 Å². The molecule has 38 heavy (non-hydrogen) atoms. The van der Waals surface area contributed by atoms with E-state index in [9.17, 15) is 31.2 Å². The van der Waals surface area contributed by atoms with Crippen LogP contribution in [0.2, 0.25) is 0 Å². The molecule has 17 heteroatoms. The molecule has 3 rings (SSSR count). The Labute approximate surface area is 220 Å². The molecule has 1 aromatic carbocycles. The number of nitrogens with zero attached hydrogens (tertiary/aromatic N) is 2. The predicted octanol–water partition coefficient (Wildman–Crippen LogP) is -2.18. The van der Waals surface area contributed by atoms with E-state index >= 15 is 0 Å². The van der Waals surface area contributed by atoms with Gasteiger partial charge in [0.2, 0.25) is 21.7 Å². The van der Waals surface area contributed by atoms with E-state index in [0.717, 1.165) is 11.0 Å².